The Bertz CT molecular complexity index is 351. The fourth-order valence-corrected chi connectivity index (χ4v) is 2.69. The molecule has 1 saturated heterocycles. The molecule has 3 amide bonds. The third kappa shape index (κ3) is 9.68. The summed E-state index contributed by atoms with van der Waals surface area (Å²) < 4.78 is 0. The molecule has 2 rings (SSSR count). The van der Waals surface area contributed by atoms with Crippen LogP contribution in [0.4, 0.5) is 0 Å². The zero-order valence-corrected chi connectivity index (χ0v) is 16.6. The molecule has 142 valence electrons. The average molecular weight is 343 g/mol. The van der Waals surface area contributed by atoms with Gasteiger partial charge in [0.1, 0.15) is 0 Å². The van der Waals surface area contributed by atoms with Gasteiger partial charge in [-0.3, -0.25) is 19.7 Å². The first-order valence-electron chi connectivity index (χ1n) is 9.78. The molecule has 0 aromatic rings. The van der Waals surface area contributed by atoms with Gasteiger partial charge in [0.25, 0.3) is 0 Å². The lowest BCUT2D eigenvalue weighted by Crippen LogP contribution is -2.43. The molecule has 1 saturated carbocycles. The van der Waals surface area contributed by atoms with E-state index in [1.54, 1.807) is 0 Å². The van der Waals surface area contributed by atoms with Crippen LogP contribution in [-0.4, -0.2) is 35.7 Å². The largest absolute Gasteiger partial charge is 0.333 e. The standard InChI is InChI=1S/C13H20N2O3.3C2H6/c16-11(9-15-8-4-7-12(15)17)14-13(18)10-5-2-1-3-6-10;3*1-2/h10H,1-9H2,(H,14,16,18);3*1-2H3. The van der Waals surface area contributed by atoms with Gasteiger partial charge in [-0.15, -0.1) is 0 Å². The summed E-state index contributed by atoms with van der Waals surface area (Å²) in [4.78, 5) is 36.4. The number of hydrogen-bond acceptors (Lipinski definition) is 3. The molecule has 0 bridgehead atoms. The van der Waals surface area contributed by atoms with Gasteiger partial charge in [-0.1, -0.05) is 60.8 Å². The van der Waals surface area contributed by atoms with Crippen molar-refractivity contribution in [2.75, 3.05) is 13.1 Å². The Balaban J connectivity index is 0. The molecule has 5 heteroatoms. The molecule has 0 aromatic heterocycles. The number of nitrogens with one attached hydrogen (secondary N) is 1. The third-order valence-corrected chi connectivity index (χ3v) is 3.74. The van der Waals surface area contributed by atoms with Crippen molar-refractivity contribution in [3.63, 3.8) is 0 Å². The summed E-state index contributed by atoms with van der Waals surface area (Å²) in [6.45, 7) is 12.7. The molecule has 2 aliphatic rings. The highest BCUT2D eigenvalue weighted by molar-refractivity contribution is 5.98. The molecule has 5 nitrogen and oxygen atoms in total. The summed E-state index contributed by atoms with van der Waals surface area (Å²) in [6.07, 6.45) is 6.39. The lowest BCUT2D eigenvalue weighted by atomic mass is 9.89. The van der Waals surface area contributed by atoms with E-state index in [-0.39, 0.29) is 30.2 Å². The van der Waals surface area contributed by atoms with Crippen LogP contribution >= 0.6 is 0 Å². The minimum absolute atomic E-state index is 0.00950. The maximum atomic E-state index is 11.8. The molecule has 1 N–H and O–H groups in total. The second-order valence-electron chi connectivity index (χ2n) is 5.17. The van der Waals surface area contributed by atoms with E-state index in [2.05, 4.69) is 5.32 Å². The van der Waals surface area contributed by atoms with E-state index in [0.29, 0.717) is 13.0 Å². The van der Waals surface area contributed by atoms with Gasteiger partial charge < -0.3 is 4.90 Å². The second-order valence-corrected chi connectivity index (χ2v) is 5.17. The quantitative estimate of drug-likeness (QED) is 0.845. The van der Waals surface area contributed by atoms with E-state index in [1.165, 1.54) is 11.3 Å². The summed E-state index contributed by atoms with van der Waals surface area (Å²) in [5.74, 6) is -0.514. The Labute approximate surface area is 148 Å². The molecule has 0 aromatic carbocycles. The molecular weight excluding hydrogens is 304 g/mol. The highest BCUT2D eigenvalue weighted by atomic mass is 16.2. The number of amides is 3. The smallest absolute Gasteiger partial charge is 0.246 e. The van der Waals surface area contributed by atoms with E-state index in [4.69, 9.17) is 0 Å². The summed E-state index contributed by atoms with van der Waals surface area (Å²) in [5, 5.41) is 2.43. The number of nitrogens with zero attached hydrogens (tertiary/aromatic N) is 1. The van der Waals surface area contributed by atoms with Crippen molar-refractivity contribution < 1.29 is 14.4 Å². The number of hydrogen-bond donors (Lipinski definition) is 1. The molecule has 0 spiro atoms. The molecule has 2 fully saturated rings. The molecule has 24 heavy (non-hydrogen) atoms. The molecule has 1 aliphatic carbocycles. The Kier molecular flexibility index (Phi) is 17.1. The highest BCUT2D eigenvalue weighted by Crippen LogP contribution is 2.23. The summed E-state index contributed by atoms with van der Waals surface area (Å²) >= 11 is 0. The Hall–Kier alpha value is -1.39. The third-order valence-electron chi connectivity index (χ3n) is 3.74. The minimum atomic E-state index is -0.346. The fourth-order valence-electron chi connectivity index (χ4n) is 2.69. The Morgan fingerprint density at radius 1 is 0.958 bits per heavy atom. The van der Waals surface area contributed by atoms with Crippen LogP contribution in [0, 0.1) is 5.92 Å². The van der Waals surface area contributed by atoms with Crippen LogP contribution in [-0.2, 0) is 14.4 Å². The maximum absolute atomic E-state index is 11.8. The Morgan fingerprint density at radius 2 is 1.50 bits per heavy atom. The monoisotopic (exact) mass is 342 g/mol. The number of likely N-dealkylation sites (tertiary alicyclic amines) is 1. The van der Waals surface area contributed by atoms with Crippen molar-refractivity contribution in [1.82, 2.24) is 10.2 Å². The van der Waals surface area contributed by atoms with Gasteiger partial charge >= 0.3 is 0 Å². The molecule has 1 heterocycles. The normalized spacial score (nSPS) is 16.6. The van der Waals surface area contributed by atoms with Crippen LogP contribution in [0.3, 0.4) is 0 Å². The van der Waals surface area contributed by atoms with Crippen molar-refractivity contribution in [1.29, 1.82) is 0 Å². The zero-order valence-electron chi connectivity index (χ0n) is 16.6. The van der Waals surface area contributed by atoms with Crippen molar-refractivity contribution in [3.8, 4) is 0 Å². The van der Waals surface area contributed by atoms with E-state index < -0.39 is 0 Å². The van der Waals surface area contributed by atoms with Crippen LogP contribution in [0.5, 0.6) is 0 Å². The van der Waals surface area contributed by atoms with Crippen LogP contribution < -0.4 is 5.32 Å². The summed E-state index contributed by atoms with van der Waals surface area (Å²) in [7, 11) is 0. The average Bonchev–Trinajstić information content (AvgIpc) is 3.05. The van der Waals surface area contributed by atoms with Crippen LogP contribution in [0.15, 0.2) is 0 Å². The summed E-state index contributed by atoms with van der Waals surface area (Å²) in [5.41, 5.74) is 0. The molecule has 0 unspecified atom stereocenters. The first-order chi connectivity index (χ1) is 11.7. The lowest BCUT2D eigenvalue weighted by Gasteiger charge is -2.21. The first-order valence-corrected chi connectivity index (χ1v) is 9.78. The van der Waals surface area contributed by atoms with E-state index in [9.17, 15) is 14.4 Å². The number of imide groups is 1. The van der Waals surface area contributed by atoms with Crippen molar-refractivity contribution in [2.45, 2.75) is 86.5 Å². The van der Waals surface area contributed by atoms with E-state index in [0.717, 1.165) is 32.1 Å². The first kappa shape index (κ1) is 24.9. The van der Waals surface area contributed by atoms with E-state index >= 15 is 0 Å². The zero-order chi connectivity index (χ0) is 19.0. The molecule has 0 radical (unpaired) electrons. The van der Waals surface area contributed by atoms with Gasteiger partial charge in [-0.2, -0.15) is 0 Å². The van der Waals surface area contributed by atoms with E-state index in [1.807, 2.05) is 41.5 Å². The SMILES string of the molecule is CC.CC.CC.O=C(CN1CCCC1=O)NC(=O)C1CCCCC1. The number of rotatable bonds is 3. The topological polar surface area (TPSA) is 66.5 Å². The molecule has 0 atom stereocenters. The van der Waals surface area contributed by atoms with Gasteiger partial charge in [0, 0.05) is 18.9 Å². The van der Waals surface area contributed by atoms with Crippen LogP contribution in [0.25, 0.3) is 0 Å². The number of carbonyl (C=O) groups excluding carboxylic acids is 3. The lowest BCUT2D eigenvalue weighted by molar-refractivity contribution is -0.137. The predicted octanol–water partition coefficient (Wildman–Crippen LogP) is 3.91. The number of carbonyl (C=O) groups is 3. The van der Waals surface area contributed by atoms with Crippen molar-refractivity contribution in [2.24, 2.45) is 5.92 Å². The maximum Gasteiger partial charge on any atom is 0.246 e. The highest BCUT2D eigenvalue weighted by Gasteiger charge is 2.26. The molecular formula is C19H38N2O3. The predicted molar refractivity (Wildman–Crippen MR) is 99.6 cm³/mol. The fraction of sp³-hybridized carbons (Fsp3) is 0.842. The van der Waals surface area contributed by atoms with Gasteiger partial charge in [0.2, 0.25) is 17.7 Å². The van der Waals surface area contributed by atoms with Crippen LogP contribution in [0.1, 0.15) is 86.5 Å². The van der Waals surface area contributed by atoms with Gasteiger partial charge in [0.05, 0.1) is 6.54 Å². The van der Waals surface area contributed by atoms with Gasteiger partial charge in [-0.25, -0.2) is 0 Å². The van der Waals surface area contributed by atoms with Crippen LogP contribution in [0.2, 0.25) is 0 Å². The van der Waals surface area contributed by atoms with Gasteiger partial charge in [-0.05, 0) is 19.3 Å². The van der Waals surface area contributed by atoms with Crippen molar-refractivity contribution >= 4 is 17.7 Å². The second kappa shape index (κ2) is 16.5. The van der Waals surface area contributed by atoms with Crippen molar-refractivity contribution in [3.05, 3.63) is 0 Å². The minimum Gasteiger partial charge on any atom is -0.333 e. The Morgan fingerprint density at radius 3 is 1.96 bits per heavy atom. The molecule has 1 aliphatic heterocycles. The van der Waals surface area contributed by atoms with Gasteiger partial charge in [0.15, 0.2) is 0 Å². The summed E-state index contributed by atoms with van der Waals surface area (Å²) in [6, 6.07) is 0.